The highest BCUT2D eigenvalue weighted by atomic mass is 32.2. The average molecular weight is 355 g/mol. The van der Waals surface area contributed by atoms with E-state index in [1.165, 1.54) is 32.1 Å². The molecule has 1 aromatic rings. The van der Waals surface area contributed by atoms with E-state index in [2.05, 4.69) is 22.4 Å². The van der Waals surface area contributed by atoms with Gasteiger partial charge in [-0.1, -0.05) is 19.3 Å². The SMILES string of the molecule is COc1ccc(NC(=S)NCCSC2CCCCC2)c(OC)c1. The maximum atomic E-state index is 5.36. The average Bonchev–Trinajstić information content (AvgIpc) is 2.60. The highest BCUT2D eigenvalue weighted by Gasteiger charge is 2.13. The third kappa shape index (κ3) is 6.11. The van der Waals surface area contributed by atoms with Crippen molar-refractivity contribution in [2.24, 2.45) is 0 Å². The molecular formula is C17H26N2O2S2. The zero-order chi connectivity index (χ0) is 16.5. The summed E-state index contributed by atoms with van der Waals surface area (Å²) in [6.07, 6.45) is 6.94. The minimum Gasteiger partial charge on any atom is -0.497 e. The summed E-state index contributed by atoms with van der Waals surface area (Å²) in [6, 6.07) is 5.62. The maximum Gasteiger partial charge on any atom is 0.170 e. The molecule has 0 bridgehead atoms. The van der Waals surface area contributed by atoms with Crippen molar-refractivity contribution in [3.05, 3.63) is 18.2 Å². The topological polar surface area (TPSA) is 42.5 Å². The van der Waals surface area contributed by atoms with Crippen molar-refractivity contribution in [2.45, 2.75) is 37.4 Å². The van der Waals surface area contributed by atoms with Gasteiger partial charge in [0.15, 0.2) is 5.11 Å². The number of thiocarbonyl (C=S) groups is 1. The normalized spacial score (nSPS) is 15.0. The van der Waals surface area contributed by atoms with E-state index in [-0.39, 0.29) is 0 Å². The monoisotopic (exact) mass is 354 g/mol. The molecule has 0 atom stereocenters. The number of rotatable bonds is 7. The predicted octanol–water partition coefficient (Wildman–Crippen LogP) is 4.06. The van der Waals surface area contributed by atoms with Gasteiger partial charge in [-0.3, -0.25) is 0 Å². The molecule has 1 aromatic carbocycles. The highest BCUT2D eigenvalue weighted by molar-refractivity contribution is 7.99. The first-order valence-corrected chi connectivity index (χ1v) is 9.57. The summed E-state index contributed by atoms with van der Waals surface area (Å²) in [5.74, 6) is 2.56. The smallest absolute Gasteiger partial charge is 0.170 e. The van der Waals surface area contributed by atoms with Gasteiger partial charge < -0.3 is 20.1 Å². The molecule has 0 unspecified atom stereocenters. The van der Waals surface area contributed by atoms with Crippen LogP contribution in [-0.2, 0) is 0 Å². The molecule has 1 aliphatic rings. The Morgan fingerprint density at radius 2 is 2.00 bits per heavy atom. The van der Waals surface area contributed by atoms with Gasteiger partial charge in [-0.2, -0.15) is 11.8 Å². The van der Waals surface area contributed by atoms with E-state index in [0.717, 1.165) is 29.0 Å². The second-order valence-electron chi connectivity index (χ2n) is 5.58. The molecule has 4 nitrogen and oxygen atoms in total. The Morgan fingerprint density at radius 1 is 1.22 bits per heavy atom. The third-order valence-corrected chi connectivity index (χ3v) is 5.58. The van der Waals surface area contributed by atoms with Crippen LogP contribution in [0, 0.1) is 0 Å². The van der Waals surface area contributed by atoms with Crippen LogP contribution in [0.4, 0.5) is 5.69 Å². The molecular weight excluding hydrogens is 328 g/mol. The lowest BCUT2D eigenvalue weighted by Gasteiger charge is -2.21. The van der Waals surface area contributed by atoms with Gasteiger partial charge in [-0.25, -0.2) is 0 Å². The molecule has 0 aromatic heterocycles. The summed E-state index contributed by atoms with van der Waals surface area (Å²) in [5, 5.41) is 7.91. The molecule has 128 valence electrons. The van der Waals surface area contributed by atoms with Crippen molar-refractivity contribution in [3.63, 3.8) is 0 Å². The zero-order valence-electron chi connectivity index (χ0n) is 13.9. The zero-order valence-corrected chi connectivity index (χ0v) is 15.5. The Kier molecular flexibility index (Phi) is 7.82. The molecule has 0 amide bonds. The summed E-state index contributed by atoms with van der Waals surface area (Å²) >= 11 is 7.42. The number of hydrogen-bond donors (Lipinski definition) is 2. The molecule has 0 saturated heterocycles. The number of methoxy groups -OCH3 is 2. The van der Waals surface area contributed by atoms with Crippen molar-refractivity contribution < 1.29 is 9.47 Å². The summed E-state index contributed by atoms with van der Waals surface area (Å²) in [6.45, 7) is 0.880. The van der Waals surface area contributed by atoms with Gasteiger partial charge in [0.1, 0.15) is 11.5 Å². The lowest BCUT2D eigenvalue weighted by molar-refractivity contribution is 0.395. The molecule has 6 heteroatoms. The van der Waals surface area contributed by atoms with Gasteiger partial charge in [-0.15, -0.1) is 0 Å². The third-order valence-electron chi connectivity index (χ3n) is 3.95. The van der Waals surface area contributed by atoms with Gasteiger partial charge in [0.05, 0.1) is 19.9 Å². The maximum absolute atomic E-state index is 5.36. The van der Waals surface area contributed by atoms with Crippen molar-refractivity contribution in [2.75, 3.05) is 31.8 Å². The van der Waals surface area contributed by atoms with Crippen molar-refractivity contribution in [1.29, 1.82) is 0 Å². The van der Waals surface area contributed by atoms with Crippen LogP contribution in [-0.4, -0.2) is 36.9 Å². The quantitative estimate of drug-likeness (QED) is 0.569. The second-order valence-corrected chi connectivity index (χ2v) is 7.39. The van der Waals surface area contributed by atoms with E-state index < -0.39 is 0 Å². The van der Waals surface area contributed by atoms with Crippen LogP contribution in [0.1, 0.15) is 32.1 Å². The van der Waals surface area contributed by atoms with Gasteiger partial charge >= 0.3 is 0 Å². The van der Waals surface area contributed by atoms with E-state index in [1.807, 2.05) is 18.2 Å². The summed E-state index contributed by atoms with van der Waals surface area (Å²) in [4.78, 5) is 0. The van der Waals surface area contributed by atoms with Crippen LogP contribution in [0.5, 0.6) is 11.5 Å². The number of ether oxygens (including phenoxy) is 2. The van der Waals surface area contributed by atoms with E-state index >= 15 is 0 Å². The van der Waals surface area contributed by atoms with Crippen LogP contribution in [0.25, 0.3) is 0 Å². The Balaban J connectivity index is 1.71. The molecule has 0 heterocycles. The fraction of sp³-hybridized carbons (Fsp3) is 0.588. The molecule has 1 aliphatic carbocycles. The first-order chi connectivity index (χ1) is 11.2. The summed E-state index contributed by atoms with van der Waals surface area (Å²) in [7, 11) is 3.27. The van der Waals surface area contributed by atoms with Crippen LogP contribution in [0.3, 0.4) is 0 Å². The Hall–Kier alpha value is -1.14. The minimum atomic E-state index is 0.623. The van der Waals surface area contributed by atoms with Gasteiger partial charge in [0.2, 0.25) is 0 Å². The summed E-state index contributed by atoms with van der Waals surface area (Å²) in [5.41, 5.74) is 0.839. The van der Waals surface area contributed by atoms with Gasteiger partial charge in [0, 0.05) is 23.6 Å². The molecule has 0 spiro atoms. The van der Waals surface area contributed by atoms with Crippen LogP contribution in [0.15, 0.2) is 18.2 Å². The van der Waals surface area contributed by atoms with Gasteiger partial charge in [0.25, 0.3) is 0 Å². The van der Waals surface area contributed by atoms with Crippen molar-refractivity contribution in [3.8, 4) is 11.5 Å². The molecule has 2 rings (SSSR count). The number of nitrogens with one attached hydrogen (secondary N) is 2. The highest BCUT2D eigenvalue weighted by Crippen LogP contribution is 2.29. The van der Waals surface area contributed by atoms with Crippen LogP contribution in [0.2, 0.25) is 0 Å². The van der Waals surface area contributed by atoms with Crippen molar-refractivity contribution >= 4 is 34.8 Å². The van der Waals surface area contributed by atoms with Crippen molar-refractivity contribution in [1.82, 2.24) is 5.32 Å². The molecule has 2 N–H and O–H groups in total. The molecule has 1 saturated carbocycles. The first-order valence-electron chi connectivity index (χ1n) is 8.11. The molecule has 0 aliphatic heterocycles. The van der Waals surface area contributed by atoms with E-state index in [4.69, 9.17) is 21.7 Å². The first kappa shape index (κ1) is 18.2. The van der Waals surface area contributed by atoms with E-state index in [1.54, 1.807) is 14.2 Å². The lowest BCUT2D eigenvalue weighted by atomic mass is 10.0. The number of thioether (sulfide) groups is 1. The number of benzene rings is 1. The van der Waals surface area contributed by atoms with Gasteiger partial charge in [-0.05, 0) is 37.2 Å². The molecule has 1 fully saturated rings. The number of anilines is 1. The Morgan fingerprint density at radius 3 is 2.70 bits per heavy atom. The number of hydrogen-bond acceptors (Lipinski definition) is 4. The van der Waals surface area contributed by atoms with Crippen LogP contribution < -0.4 is 20.1 Å². The lowest BCUT2D eigenvalue weighted by Crippen LogP contribution is -2.30. The van der Waals surface area contributed by atoms with E-state index in [9.17, 15) is 0 Å². The Bertz CT molecular complexity index is 505. The second kappa shape index (κ2) is 9.88. The standard InChI is InChI=1S/C17H26N2O2S2/c1-20-13-8-9-15(16(12-13)21-2)19-17(22)18-10-11-23-14-6-4-3-5-7-14/h8-9,12,14H,3-7,10-11H2,1-2H3,(H2,18,19,22). The fourth-order valence-corrected chi connectivity index (χ4v) is 4.12. The minimum absolute atomic E-state index is 0.623. The summed E-state index contributed by atoms with van der Waals surface area (Å²) < 4.78 is 10.6. The molecule has 23 heavy (non-hydrogen) atoms. The van der Waals surface area contributed by atoms with E-state index in [0.29, 0.717) is 10.9 Å². The van der Waals surface area contributed by atoms with Crippen LogP contribution >= 0.6 is 24.0 Å². The predicted molar refractivity (Wildman–Crippen MR) is 103 cm³/mol. The largest absolute Gasteiger partial charge is 0.497 e. The molecule has 0 radical (unpaired) electrons. The Labute approximate surface area is 148 Å². The fourth-order valence-electron chi connectivity index (χ4n) is 2.69.